The Morgan fingerprint density at radius 3 is 2.89 bits per heavy atom. The molecule has 1 aliphatic heterocycles. The van der Waals surface area contributed by atoms with Gasteiger partial charge in [0.1, 0.15) is 17.0 Å². The number of aromatic nitrogens is 6. The number of carbonyl (C=O) groups excluding carboxylic acids is 1. The van der Waals surface area contributed by atoms with E-state index in [1.54, 1.807) is 16.7 Å². The molecule has 0 fully saturated rings. The molecule has 0 aliphatic carbocycles. The summed E-state index contributed by atoms with van der Waals surface area (Å²) >= 11 is 0. The van der Waals surface area contributed by atoms with Gasteiger partial charge in [0.25, 0.3) is 12.3 Å². The van der Waals surface area contributed by atoms with Gasteiger partial charge in [-0.25, -0.2) is 18.7 Å². The zero-order chi connectivity index (χ0) is 24.1. The summed E-state index contributed by atoms with van der Waals surface area (Å²) in [6, 6.07) is 5.80. The van der Waals surface area contributed by atoms with E-state index in [2.05, 4.69) is 43.4 Å². The summed E-state index contributed by atoms with van der Waals surface area (Å²) < 4.78 is 28.7. The summed E-state index contributed by atoms with van der Waals surface area (Å²) in [5.74, 6) is -0.603. The Balaban J connectivity index is 1.40. The lowest BCUT2D eigenvalue weighted by Crippen LogP contribution is -2.30. The molecule has 6 rings (SSSR count). The molecule has 0 spiro atoms. The van der Waals surface area contributed by atoms with Gasteiger partial charge in [-0.05, 0) is 25.2 Å². The average molecular weight is 476 g/mol. The van der Waals surface area contributed by atoms with Crippen LogP contribution in [0.1, 0.15) is 16.2 Å². The lowest BCUT2D eigenvalue weighted by Gasteiger charge is -2.24. The van der Waals surface area contributed by atoms with E-state index in [1.165, 1.54) is 6.20 Å². The van der Waals surface area contributed by atoms with E-state index in [9.17, 15) is 13.6 Å². The topological polar surface area (TPSA) is 96.1 Å². The Morgan fingerprint density at radius 2 is 2.03 bits per heavy atom. The number of hydrogen-bond donors (Lipinski definition) is 2. The molecule has 1 aliphatic rings. The first-order chi connectivity index (χ1) is 17.0. The van der Waals surface area contributed by atoms with Crippen molar-refractivity contribution in [3.8, 4) is 22.3 Å². The van der Waals surface area contributed by atoms with Crippen molar-refractivity contribution in [3.05, 3.63) is 60.6 Å². The molecule has 0 saturated carbocycles. The minimum absolute atomic E-state index is 0.191. The van der Waals surface area contributed by atoms with Crippen LogP contribution in [0.2, 0.25) is 0 Å². The Hall–Kier alpha value is -4.12. The molecule has 0 saturated heterocycles. The maximum absolute atomic E-state index is 12.5. The van der Waals surface area contributed by atoms with E-state index in [1.807, 2.05) is 29.3 Å². The van der Waals surface area contributed by atoms with Crippen molar-refractivity contribution in [1.82, 2.24) is 39.3 Å². The van der Waals surface area contributed by atoms with Crippen LogP contribution in [0, 0.1) is 0 Å². The van der Waals surface area contributed by atoms with Crippen LogP contribution < -0.4 is 5.32 Å². The third-order valence-electron chi connectivity index (χ3n) is 6.37. The molecule has 0 radical (unpaired) electrons. The van der Waals surface area contributed by atoms with Gasteiger partial charge in [0, 0.05) is 59.3 Å². The second kappa shape index (κ2) is 8.27. The fourth-order valence-electron chi connectivity index (χ4n) is 4.57. The van der Waals surface area contributed by atoms with Crippen LogP contribution in [0.5, 0.6) is 0 Å². The van der Waals surface area contributed by atoms with E-state index >= 15 is 0 Å². The van der Waals surface area contributed by atoms with Crippen LogP contribution in [-0.4, -0.2) is 66.5 Å². The molecule has 5 aromatic heterocycles. The molecule has 0 atom stereocenters. The molecular formula is C24H22F2N8O. The molecule has 11 heteroatoms. The molecule has 0 unspecified atom stereocenters. The molecule has 35 heavy (non-hydrogen) atoms. The highest BCUT2D eigenvalue weighted by Crippen LogP contribution is 2.33. The molecule has 5 aromatic rings. The van der Waals surface area contributed by atoms with Gasteiger partial charge in [-0.3, -0.25) is 18.8 Å². The van der Waals surface area contributed by atoms with Crippen LogP contribution in [0.15, 0.2) is 49.2 Å². The standard InChI is InChI=1S/C24H22F2N8O/c1-32-4-5-34-20(13-32)18(9-31-34)15-6-16-17(8-29-23(16)28-7-15)14-2-3-22-27-10-19(33(22)12-14)24(35)30-11-21(25)26/h2-3,6-10,12,21H,4-5,11,13H2,1H3,(H,28,29)(H,30,35). The molecule has 0 bridgehead atoms. The number of alkyl halides is 2. The summed E-state index contributed by atoms with van der Waals surface area (Å²) in [7, 11) is 2.10. The number of nitrogens with one attached hydrogen (secondary N) is 2. The van der Waals surface area contributed by atoms with Crippen molar-refractivity contribution in [2.75, 3.05) is 20.1 Å². The number of fused-ring (bicyclic) bond motifs is 3. The number of carbonyl (C=O) groups is 1. The molecule has 9 nitrogen and oxygen atoms in total. The van der Waals surface area contributed by atoms with Gasteiger partial charge in [0.15, 0.2) is 0 Å². The molecule has 2 N–H and O–H groups in total. The maximum atomic E-state index is 12.5. The minimum atomic E-state index is -2.62. The third-order valence-corrected chi connectivity index (χ3v) is 6.37. The number of halogens is 2. The van der Waals surface area contributed by atoms with Gasteiger partial charge in [0.2, 0.25) is 0 Å². The number of imidazole rings is 1. The van der Waals surface area contributed by atoms with Crippen molar-refractivity contribution in [1.29, 1.82) is 0 Å². The van der Waals surface area contributed by atoms with Gasteiger partial charge < -0.3 is 10.3 Å². The summed E-state index contributed by atoms with van der Waals surface area (Å²) in [6.45, 7) is 1.93. The number of hydrogen-bond acceptors (Lipinski definition) is 5. The molecule has 0 aromatic carbocycles. The van der Waals surface area contributed by atoms with Crippen molar-refractivity contribution in [2.45, 2.75) is 19.5 Å². The third kappa shape index (κ3) is 3.73. The van der Waals surface area contributed by atoms with Crippen LogP contribution in [0.4, 0.5) is 8.78 Å². The number of nitrogens with zero attached hydrogens (tertiary/aromatic N) is 6. The fraction of sp³-hybridized carbons (Fsp3) is 0.250. The first kappa shape index (κ1) is 21.4. The second-order valence-corrected chi connectivity index (χ2v) is 8.68. The van der Waals surface area contributed by atoms with Crippen molar-refractivity contribution < 1.29 is 13.6 Å². The van der Waals surface area contributed by atoms with E-state index < -0.39 is 18.9 Å². The van der Waals surface area contributed by atoms with Crippen molar-refractivity contribution in [2.24, 2.45) is 0 Å². The van der Waals surface area contributed by atoms with Gasteiger partial charge in [-0.1, -0.05) is 0 Å². The Morgan fingerprint density at radius 1 is 1.14 bits per heavy atom. The van der Waals surface area contributed by atoms with Crippen LogP contribution in [0.3, 0.4) is 0 Å². The Kier molecular flexibility index (Phi) is 5.06. The quantitative estimate of drug-likeness (QED) is 0.406. The highest BCUT2D eigenvalue weighted by molar-refractivity contribution is 5.97. The first-order valence-corrected chi connectivity index (χ1v) is 11.2. The second-order valence-electron chi connectivity index (χ2n) is 8.68. The lowest BCUT2D eigenvalue weighted by molar-refractivity contribution is 0.0886. The average Bonchev–Trinajstić information content (AvgIpc) is 3.57. The predicted octanol–water partition coefficient (Wildman–Crippen LogP) is 3.18. The Labute approximate surface area is 198 Å². The number of amides is 1. The molecule has 6 heterocycles. The SMILES string of the molecule is CN1CCn2ncc(-c3cnc4[nH]cc(-c5ccc6ncc(C(=O)NCC(F)F)n6c5)c4c3)c2C1. The highest BCUT2D eigenvalue weighted by Gasteiger charge is 2.20. The molecule has 178 valence electrons. The van der Waals surface area contributed by atoms with E-state index in [0.29, 0.717) is 5.65 Å². The zero-order valence-electron chi connectivity index (χ0n) is 18.9. The van der Waals surface area contributed by atoms with E-state index in [0.717, 1.165) is 58.6 Å². The number of rotatable bonds is 5. The summed E-state index contributed by atoms with van der Waals surface area (Å²) in [5.41, 5.74) is 6.41. The Bertz CT molecular complexity index is 1570. The number of H-pyrrole nitrogens is 1. The van der Waals surface area contributed by atoms with Gasteiger partial charge in [-0.15, -0.1) is 0 Å². The lowest BCUT2D eigenvalue weighted by atomic mass is 10.0. The minimum Gasteiger partial charge on any atom is -0.346 e. The monoisotopic (exact) mass is 476 g/mol. The predicted molar refractivity (Wildman–Crippen MR) is 126 cm³/mol. The maximum Gasteiger partial charge on any atom is 0.270 e. The van der Waals surface area contributed by atoms with Gasteiger partial charge in [0.05, 0.1) is 31.2 Å². The highest BCUT2D eigenvalue weighted by atomic mass is 19.3. The zero-order valence-corrected chi connectivity index (χ0v) is 18.9. The van der Waals surface area contributed by atoms with Crippen LogP contribution in [-0.2, 0) is 13.1 Å². The van der Waals surface area contributed by atoms with Crippen LogP contribution in [0.25, 0.3) is 38.9 Å². The summed E-state index contributed by atoms with van der Waals surface area (Å²) in [5, 5.41) is 7.72. The number of aromatic amines is 1. The van der Waals surface area contributed by atoms with Gasteiger partial charge >= 0.3 is 0 Å². The van der Waals surface area contributed by atoms with Crippen molar-refractivity contribution >= 4 is 22.6 Å². The van der Waals surface area contributed by atoms with E-state index in [-0.39, 0.29) is 5.69 Å². The van der Waals surface area contributed by atoms with Crippen LogP contribution >= 0.6 is 0 Å². The molecular weight excluding hydrogens is 454 g/mol. The van der Waals surface area contributed by atoms with Crippen molar-refractivity contribution in [3.63, 3.8) is 0 Å². The first-order valence-electron chi connectivity index (χ1n) is 11.2. The fourth-order valence-corrected chi connectivity index (χ4v) is 4.57. The number of pyridine rings is 2. The smallest absolute Gasteiger partial charge is 0.270 e. The van der Waals surface area contributed by atoms with Gasteiger partial charge in [-0.2, -0.15) is 5.10 Å². The largest absolute Gasteiger partial charge is 0.346 e. The summed E-state index contributed by atoms with van der Waals surface area (Å²) in [6.07, 6.45) is 6.16. The number of likely N-dealkylation sites (N-methyl/N-ethyl adjacent to an activating group) is 1. The summed E-state index contributed by atoms with van der Waals surface area (Å²) in [4.78, 5) is 26.8. The normalized spacial score (nSPS) is 14.2. The molecule has 1 amide bonds. The van der Waals surface area contributed by atoms with E-state index in [4.69, 9.17) is 0 Å².